The van der Waals surface area contributed by atoms with Crippen LogP contribution in [-0.4, -0.2) is 15.2 Å². The molecule has 0 aliphatic rings. The van der Waals surface area contributed by atoms with Crippen molar-refractivity contribution in [2.45, 2.75) is 6.92 Å². The van der Waals surface area contributed by atoms with E-state index in [1.807, 2.05) is 31.2 Å². The number of nitrogens with one attached hydrogen (secondary N) is 1. The van der Waals surface area contributed by atoms with Crippen LogP contribution >= 0.6 is 0 Å². The van der Waals surface area contributed by atoms with Crippen molar-refractivity contribution in [3.05, 3.63) is 36.2 Å². The molecule has 3 heteroatoms. The Balaban J connectivity index is 2.45. The second kappa shape index (κ2) is 2.77. The molecule has 1 radical (unpaired) electrons. The van der Waals surface area contributed by atoms with Crippen molar-refractivity contribution in [3.8, 4) is 11.4 Å². The summed E-state index contributed by atoms with van der Waals surface area (Å²) in [4.78, 5) is 3.05. The second-order valence-corrected chi connectivity index (χ2v) is 2.55. The van der Waals surface area contributed by atoms with E-state index in [0.717, 1.165) is 17.2 Å². The predicted molar refractivity (Wildman–Crippen MR) is 45.4 cm³/mol. The zero-order valence-corrected chi connectivity index (χ0v) is 6.70. The van der Waals surface area contributed by atoms with Gasteiger partial charge in [0.25, 0.3) is 0 Å². The van der Waals surface area contributed by atoms with Crippen LogP contribution in [0.5, 0.6) is 0 Å². The summed E-state index contributed by atoms with van der Waals surface area (Å²) in [6.45, 7) is 1.88. The summed E-state index contributed by atoms with van der Waals surface area (Å²) < 4.78 is 0. The second-order valence-electron chi connectivity index (χ2n) is 2.55. The molecule has 2 rings (SSSR count). The van der Waals surface area contributed by atoms with Crippen molar-refractivity contribution in [1.82, 2.24) is 15.2 Å². The Morgan fingerprint density at radius 1 is 1.42 bits per heavy atom. The summed E-state index contributed by atoms with van der Waals surface area (Å²) in [7, 11) is 0. The third-order valence-electron chi connectivity index (χ3n) is 1.58. The maximum Gasteiger partial charge on any atom is 0.161 e. The lowest BCUT2D eigenvalue weighted by atomic mass is 10.2. The molecular formula is C9H8N3. The molecule has 59 valence electrons. The smallest absolute Gasteiger partial charge is 0.161 e. The van der Waals surface area contributed by atoms with Gasteiger partial charge in [0, 0.05) is 5.56 Å². The van der Waals surface area contributed by atoms with Crippen LogP contribution in [-0.2, 0) is 0 Å². The van der Waals surface area contributed by atoms with Crippen molar-refractivity contribution < 1.29 is 0 Å². The van der Waals surface area contributed by atoms with E-state index in [0.29, 0.717) is 0 Å². The molecule has 1 aromatic heterocycles. The molecule has 0 saturated heterocycles. The lowest BCUT2D eigenvalue weighted by Crippen LogP contribution is -1.78. The monoisotopic (exact) mass is 158 g/mol. The van der Waals surface area contributed by atoms with Crippen LogP contribution in [0.4, 0.5) is 0 Å². The quantitative estimate of drug-likeness (QED) is 0.684. The minimum absolute atomic E-state index is 0.796. The SMILES string of the molecule is Cc1nnc(-c2c[c]ccc2)[nH]1. The molecule has 2 aromatic rings. The first kappa shape index (κ1) is 7.03. The Morgan fingerprint density at radius 2 is 2.33 bits per heavy atom. The molecule has 0 amide bonds. The van der Waals surface area contributed by atoms with E-state index in [1.54, 1.807) is 0 Å². The topological polar surface area (TPSA) is 41.6 Å². The van der Waals surface area contributed by atoms with Crippen LogP contribution in [0.1, 0.15) is 5.82 Å². The molecule has 0 spiro atoms. The van der Waals surface area contributed by atoms with Crippen LogP contribution in [0.15, 0.2) is 24.3 Å². The number of aromatic nitrogens is 3. The number of hydrogen-bond donors (Lipinski definition) is 1. The van der Waals surface area contributed by atoms with E-state index in [1.165, 1.54) is 0 Å². The summed E-state index contributed by atoms with van der Waals surface area (Å²) in [6, 6.07) is 10.6. The predicted octanol–water partition coefficient (Wildman–Crippen LogP) is 1.58. The fourth-order valence-electron chi connectivity index (χ4n) is 1.02. The summed E-state index contributed by atoms with van der Waals surface area (Å²) >= 11 is 0. The molecule has 0 aliphatic carbocycles. The first-order valence-corrected chi connectivity index (χ1v) is 3.72. The number of aryl methyl sites for hydroxylation is 1. The van der Waals surface area contributed by atoms with Gasteiger partial charge in [-0.1, -0.05) is 18.2 Å². The van der Waals surface area contributed by atoms with Gasteiger partial charge in [0.1, 0.15) is 5.82 Å². The molecule has 12 heavy (non-hydrogen) atoms. The summed E-state index contributed by atoms with van der Waals surface area (Å²) in [5.41, 5.74) is 1.01. The number of H-pyrrole nitrogens is 1. The first-order chi connectivity index (χ1) is 5.86. The highest BCUT2D eigenvalue weighted by molar-refractivity contribution is 5.53. The number of nitrogens with zero attached hydrogens (tertiary/aromatic N) is 2. The molecule has 0 unspecified atom stereocenters. The molecule has 0 bridgehead atoms. The normalized spacial score (nSPS) is 10.1. The molecule has 0 atom stereocenters. The minimum Gasteiger partial charge on any atom is -0.325 e. The van der Waals surface area contributed by atoms with Gasteiger partial charge < -0.3 is 4.98 Å². The van der Waals surface area contributed by atoms with E-state index >= 15 is 0 Å². The van der Waals surface area contributed by atoms with E-state index in [-0.39, 0.29) is 0 Å². The Kier molecular flexibility index (Phi) is 1.63. The van der Waals surface area contributed by atoms with Gasteiger partial charge >= 0.3 is 0 Å². The molecule has 1 aromatic carbocycles. The van der Waals surface area contributed by atoms with E-state index in [2.05, 4.69) is 21.2 Å². The minimum atomic E-state index is 0.796. The van der Waals surface area contributed by atoms with E-state index in [9.17, 15) is 0 Å². The van der Waals surface area contributed by atoms with Crippen molar-refractivity contribution in [3.63, 3.8) is 0 Å². The lowest BCUT2D eigenvalue weighted by molar-refractivity contribution is 1.04. The Morgan fingerprint density at radius 3 is 2.92 bits per heavy atom. The Labute approximate surface area is 70.5 Å². The van der Waals surface area contributed by atoms with Gasteiger partial charge in [-0.2, -0.15) is 0 Å². The number of rotatable bonds is 1. The van der Waals surface area contributed by atoms with Crippen molar-refractivity contribution in [1.29, 1.82) is 0 Å². The van der Waals surface area contributed by atoms with Crippen LogP contribution < -0.4 is 0 Å². The van der Waals surface area contributed by atoms with E-state index in [4.69, 9.17) is 0 Å². The van der Waals surface area contributed by atoms with Gasteiger partial charge in [-0.15, -0.1) is 10.2 Å². The standard InChI is InChI=1S/C9H8N3/c1-7-10-9(12-11-7)8-5-3-2-4-6-8/h2-3,5-6H,1H3,(H,10,11,12). The van der Waals surface area contributed by atoms with E-state index < -0.39 is 0 Å². The van der Waals surface area contributed by atoms with Gasteiger partial charge in [0.2, 0.25) is 0 Å². The molecular weight excluding hydrogens is 150 g/mol. The molecule has 0 fully saturated rings. The highest BCUT2D eigenvalue weighted by Crippen LogP contribution is 2.12. The number of hydrogen-bond acceptors (Lipinski definition) is 2. The van der Waals surface area contributed by atoms with Gasteiger partial charge in [-0.3, -0.25) is 0 Å². The Hall–Kier alpha value is -1.64. The van der Waals surface area contributed by atoms with Gasteiger partial charge in [-0.25, -0.2) is 0 Å². The lowest BCUT2D eigenvalue weighted by Gasteiger charge is -1.91. The fourth-order valence-corrected chi connectivity index (χ4v) is 1.02. The van der Waals surface area contributed by atoms with Gasteiger partial charge in [-0.05, 0) is 19.1 Å². The summed E-state index contributed by atoms with van der Waals surface area (Å²) in [5, 5.41) is 7.83. The van der Waals surface area contributed by atoms with Gasteiger partial charge in [0.15, 0.2) is 5.82 Å². The molecule has 0 saturated carbocycles. The average molecular weight is 158 g/mol. The highest BCUT2D eigenvalue weighted by Gasteiger charge is 1.99. The van der Waals surface area contributed by atoms with Crippen molar-refractivity contribution >= 4 is 0 Å². The molecule has 1 N–H and O–H groups in total. The summed E-state index contributed by atoms with van der Waals surface area (Å²) in [6.07, 6.45) is 0. The van der Waals surface area contributed by atoms with Crippen LogP contribution in [0.3, 0.4) is 0 Å². The largest absolute Gasteiger partial charge is 0.325 e. The number of benzene rings is 1. The van der Waals surface area contributed by atoms with Crippen molar-refractivity contribution in [2.75, 3.05) is 0 Å². The first-order valence-electron chi connectivity index (χ1n) is 3.72. The third-order valence-corrected chi connectivity index (χ3v) is 1.58. The highest BCUT2D eigenvalue weighted by atomic mass is 15.2. The number of aromatic amines is 1. The average Bonchev–Trinajstić information content (AvgIpc) is 2.54. The third kappa shape index (κ3) is 1.21. The van der Waals surface area contributed by atoms with Crippen molar-refractivity contribution in [2.24, 2.45) is 0 Å². The maximum atomic E-state index is 3.96. The maximum absolute atomic E-state index is 3.96. The van der Waals surface area contributed by atoms with Crippen LogP contribution in [0.2, 0.25) is 0 Å². The molecule has 0 aliphatic heterocycles. The zero-order chi connectivity index (χ0) is 8.39. The molecule has 3 nitrogen and oxygen atoms in total. The Bertz CT molecular complexity index is 364. The van der Waals surface area contributed by atoms with Crippen LogP contribution in [0, 0.1) is 13.0 Å². The molecule has 1 heterocycles. The van der Waals surface area contributed by atoms with Crippen LogP contribution in [0.25, 0.3) is 11.4 Å². The summed E-state index contributed by atoms with van der Waals surface area (Å²) in [5.74, 6) is 1.62. The zero-order valence-electron chi connectivity index (χ0n) is 6.70. The van der Waals surface area contributed by atoms with Gasteiger partial charge in [0.05, 0.1) is 0 Å². The fraction of sp³-hybridized carbons (Fsp3) is 0.111.